The average Bonchev–Trinajstić information content (AvgIpc) is 2.80. The van der Waals surface area contributed by atoms with Gasteiger partial charge >= 0.3 is 12.6 Å². The number of amides is 3. The molecule has 25 heavy (non-hydrogen) atoms. The van der Waals surface area contributed by atoms with E-state index in [0.29, 0.717) is 12.8 Å². The molecule has 1 aliphatic heterocycles. The zero-order chi connectivity index (χ0) is 18.0. The first kappa shape index (κ1) is 17.3. The number of urea groups is 1. The fourth-order valence-corrected chi connectivity index (χ4v) is 3.37. The number of ether oxygens (including phenoxy) is 1. The summed E-state index contributed by atoms with van der Waals surface area (Å²) in [4.78, 5) is 38.0. The lowest BCUT2D eigenvalue weighted by atomic mass is 9.82. The summed E-state index contributed by atoms with van der Waals surface area (Å²) in [6, 6.07) is 4.59. The fraction of sp³-hybridized carbons (Fsp3) is 0.471. The van der Waals surface area contributed by atoms with Gasteiger partial charge < -0.3 is 10.1 Å². The van der Waals surface area contributed by atoms with E-state index in [9.17, 15) is 23.2 Å². The Kier molecular flexibility index (Phi) is 4.69. The van der Waals surface area contributed by atoms with Gasteiger partial charge in [-0.05, 0) is 37.1 Å². The van der Waals surface area contributed by atoms with E-state index in [0.717, 1.165) is 24.2 Å². The minimum atomic E-state index is -2.95. The van der Waals surface area contributed by atoms with Crippen molar-refractivity contribution in [3.63, 3.8) is 0 Å². The van der Waals surface area contributed by atoms with Crippen LogP contribution in [0.3, 0.4) is 0 Å². The van der Waals surface area contributed by atoms with Gasteiger partial charge in [-0.1, -0.05) is 19.3 Å². The fourth-order valence-electron chi connectivity index (χ4n) is 3.37. The molecule has 0 unspecified atom stereocenters. The van der Waals surface area contributed by atoms with Crippen LogP contribution in [0, 0.1) is 0 Å². The molecule has 0 atom stereocenters. The Morgan fingerprint density at radius 3 is 2.40 bits per heavy atom. The summed E-state index contributed by atoms with van der Waals surface area (Å²) >= 11 is 0. The van der Waals surface area contributed by atoms with Gasteiger partial charge in [-0.15, -0.1) is 0 Å². The average molecular weight is 352 g/mol. The standard InChI is InChI=1S/C17H18F2N2O4/c18-15(19)25-12-6-4-11(5-7-12)13(22)10-21-14(23)17(20-16(21)24)8-2-1-3-9-17/h4-7,15H,1-3,8-10H2,(H,20,24). The number of ketones is 1. The van der Waals surface area contributed by atoms with Crippen LogP contribution >= 0.6 is 0 Å². The first-order chi connectivity index (χ1) is 11.9. The van der Waals surface area contributed by atoms with Crippen molar-refractivity contribution in [3.8, 4) is 5.75 Å². The molecular weight excluding hydrogens is 334 g/mol. The predicted molar refractivity (Wildman–Crippen MR) is 83.5 cm³/mol. The first-order valence-electron chi connectivity index (χ1n) is 8.13. The van der Waals surface area contributed by atoms with Crippen LogP contribution in [0.2, 0.25) is 0 Å². The number of Topliss-reactive ketones (excluding diaryl/α,β-unsaturated/α-hetero) is 1. The molecule has 134 valence electrons. The zero-order valence-corrected chi connectivity index (χ0v) is 13.5. The van der Waals surface area contributed by atoms with Crippen molar-refractivity contribution in [3.05, 3.63) is 29.8 Å². The quantitative estimate of drug-likeness (QED) is 0.653. The van der Waals surface area contributed by atoms with Gasteiger partial charge in [0.15, 0.2) is 5.78 Å². The second-order valence-corrected chi connectivity index (χ2v) is 6.29. The van der Waals surface area contributed by atoms with E-state index in [4.69, 9.17) is 0 Å². The Bertz CT molecular complexity index is 684. The highest BCUT2D eigenvalue weighted by molar-refractivity contribution is 6.11. The van der Waals surface area contributed by atoms with E-state index in [1.54, 1.807) is 0 Å². The van der Waals surface area contributed by atoms with E-state index in [2.05, 4.69) is 10.1 Å². The monoisotopic (exact) mass is 352 g/mol. The second kappa shape index (κ2) is 6.78. The Morgan fingerprint density at radius 2 is 1.80 bits per heavy atom. The molecule has 1 N–H and O–H groups in total. The van der Waals surface area contributed by atoms with E-state index in [-0.39, 0.29) is 23.8 Å². The zero-order valence-electron chi connectivity index (χ0n) is 13.5. The summed E-state index contributed by atoms with van der Waals surface area (Å²) in [5.41, 5.74) is -0.656. The lowest BCUT2D eigenvalue weighted by Crippen LogP contribution is -2.48. The second-order valence-electron chi connectivity index (χ2n) is 6.29. The van der Waals surface area contributed by atoms with Gasteiger partial charge in [0.05, 0.1) is 6.54 Å². The molecule has 1 spiro atoms. The van der Waals surface area contributed by atoms with Crippen molar-refractivity contribution in [1.29, 1.82) is 0 Å². The molecule has 1 aromatic rings. The summed E-state index contributed by atoms with van der Waals surface area (Å²) in [6.45, 7) is -3.32. The van der Waals surface area contributed by atoms with Crippen molar-refractivity contribution in [2.45, 2.75) is 44.3 Å². The van der Waals surface area contributed by atoms with Gasteiger partial charge in [0, 0.05) is 5.56 Å². The SMILES string of the molecule is O=C(CN1C(=O)NC2(CCCCC2)C1=O)c1ccc(OC(F)F)cc1. The van der Waals surface area contributed by atoms with E-state index in [1.807, 2.05) is 0 Å². The molecule has 2 aliphatic rings. The molecule has 1 heterocycles. The molecule has 3 rings (SSSR count). The van der Waals surface area contributed by atoms with Crippen molar-refractivity contribution in [2.24, 2.45) is 0 Å². The van der Waals surface area contributed by atoms with Gasteiger partial charge in [-0.2, -0.15) is 8.78 Å². The summed E-state index contributed by atoms with van der Waals surface area (Å²) in [7, 11) is 0. The number of hydrogen-bond acceptors (Lipinski definition) is 4. The van der Waals surface area contributed by atoms with Crippen molar-refractivity contribution in [1.82, 2.24) is 10.2 Å². The number of nitrogens with zero attached hydrogens (tertiary/aromatic N) is 1. The summed E-state index contributed by atoms with van der Waals surface area (Å²) in [6.07, 6.45) is 3.92. The molecule has 1 saturated carbocycles. The molecule has 1 aliphatic carbocycles. The smallest absolute Gasteiger partial charge is 0.387 e. The highest BCUT2D eigenvalue weighted by Crippen LogP contribution is 2.33. The molecule has 2 fully saturated rings. The summed E-state index contributed by atoms with van der Waals surface area (Å²) < 4.78 is 28.5. The third-order valence-corrected chi connectivity index (χ3v) is 4.66. The predicted octanol–water partition coefficient (Wildman–Crippen LogP) is 2.73. The third-order valence-electron chi connectivity index (χ3n) is 4.66. The van der Waals surface area contributed by atoms with Crippen molar-refractivity contribution < 1.29 is 27.9 Å². The van der Waals surface area contributed by atoms with Gasteiger partial charge in [-0.25, -0.2) is 4.79 Å². The van der Waals surface area contributed by atoms with Crippen LogP contribution in [0.25, 0.3) is 0 Å². The highest BCUT2D eigenvalue weighted by Gasteiger charge is 2.51. The van der Waals surface area contributed by atoms with E-state index >= 15 is 0 Å². The van der Waals surface area contributed by atoms with Gasteiger partial charge in [0.2, 0.25) is 0 Å². The largest absolute Gasteiger partial charge is 0.435 e. The van der Waals surface area contributed by atoms with E-state index in [1.165, 1.54) is 24.3 Å². The topological polar surface area (TPSA) is 75.7 Å². The van der Waals surface area contributed by atoms with Crippen molar-refractivity contribution >= 4 is 17.7 Å². The number of rotatable bonds is 5. The maximum Gasteiger partial charge on any atom is 0.387 e. The highest BCUT2D eigenvalue weighted by atomic mass is 19.3. The molecule has 1 saturated heterocycles. The number of carbonyl (C=O) groups is 3. The molecule has 6 nitrogen and oxygen atoms in total. The summed E-state index contributed by atoms with van der Waals surface area (Å²) in [5.74, 6) is -0.870. The normalized spacial score (nSPS) is 19.4. The van der Waals surface area contributed by atoms with Crippen LogP contribution in [-0.2, 0) is 4.79 Å². The minimum Gasteiger partial charge on any atom is -0.435 e. The van der Waals surface area contributed by atoms with Crippen LogP contribution < -0.4 is 10.1 Å². The molecule has 1 aromatic carbocycles. The number of halogens is 2. The Morgan fingerprint density at radius 1 is 1.16 bits per heavy atom. The maximum atomic E-state index is 12.6. The molecule has 0 bridgehead atoms. The number of imide groups is 1. The molecule has 8 heteroatoms. The van der Waals surface area contributed by atoms with Gasteiger partial charge in [0.1, 0.15) is 11.3 Å². The maximum absolute atomic E-state index is 12.6. The molecule has 3 amide bonds. The lowest BCUT2D eigenvalue weighted by molar-refractivity contribution is -0.132. The Balaban J connectivity index is 1.68. The first-order valence-corrected chi connectivity index (χ1v) is 8.13. The van der Waals surface area contributed by atoms with E-state index < -0.39 is 24.0 Å². The van der Waals surface area contributed by atoms with Crippen LogP contribution in [0.5, 0.6) is 5.75 Å². The number of hydrogen-bond donors (Lipinski definition) is 1. The number of benzene rings is 1. The molecule has 0 radical (unpaired) electrons. The van der Waals surface area contributed by atoms with Crippen LogP contribution in [0.1, 0.15) is 42.5 Å². The Labute approximate surface area is 143 Å². The summed E-state index contributed by atoms with van der Waals surface area (Å²) in [5, 5.41) is 2.74. The van der Waals surface area contributed by atoms with Crippen LogP contribution in [0.15, 0.2) is 24.3 Å². The molecular formula is C17H18F2N2O4. The molecule has 0 aromatic heterocycles. The number of carbonyl (C=O) groups excluding carboxylic acids is 3. The third kappa shape index (κ3) is 3.47. The van der Waals surface area contributed by atoms with Crippen molar-refractivity contribution in [2.75, 3.05) is 6.54 Å². The lowest BCUT2D eigenvalue weighted by Gasteiger charge is -2.30. The number of alkyl halides is 2. The van der Waals surface area contributed by atoms with Gasteiger partial charge in [-0.3, -0.25) is 14.5 Å². The Hall–Kier alpha value is -2.51. The van der Waals surface area contributed by atoms with Crippen LogP contribution in [-0.4, -0.2) is 41.3 Å². The van der Waals surface area contributed by atoms with Gasteiger partial charge in [0.25, 0.3) is 5.91 Å². The minimum absolute atomic E-state index is 0.0669. The number of nitrogens with one attached hydrogen (secondary N) is 1. The van der Waals surface area contributed by atoms with Crippen LogP contribution in [0.4, 0.5) is 13.6 Å².